The number of hydrogen-bond donors (Lipinski definition) is 2. The number of aromatic nitrogens is 2. The Labute approximate surface area is 107 Å². The van der Waals surface area contributed by atoms with Crippen LogP contribution in [0.5, 0.6) is 5.75 Å². The summed E-state index contributed by atoms with van der Waals surface area (Å²) in [4.78, 5) is 8.33. The van der Waals surface area contributed by atoms with Crippen molar-refractivity contribution in [1.29, 1.82) is 0 Å². The second-order valence-electron chi connectivity index (χ2n) is 4.38. The van der Waals surface area contributed by atoms with Gasteiger partial charge in [0, 0.05) is 13.2 Å². The predicted molar refractivity (Wildman–Crippen MR) is 70.2 cm³/mol. The van der Waals surface area contributed by atoms with E-state index in [-0.39, 0.29) is 6.10 Å². The maximum absolute atomic E-state index is 5.57. The molecule has 2 N–H and O–H groups in total. The van der Waals surface area contributed by atoms with Crippen molar-refractivity contribution in [3.8, 4) is 5.75 Å². The summed E-state index contributed by atoms with van der Waals surface area (Å²) >= 11 is 0. The third-order valence-electron chi connectivity index (χ3n) is 2.51. The zero-order chi connectivity index (χ0) is 12.8. The summed E-state index contributed by atoms with van der Waals surface area (Å²) in [6.07, 6.45) is 2.75. The minimum absolute atomic E-state index is 0.282. The molecule has 6 heteroatoms. The van der Waals surface area contributed by atoms with Crippen LogP contribution in [-0.2, 0) is 4.74 Å². The first-order chi connectivity index (χ1) is 8.77. The molecule has 1 aromatic rings. The lowest BCUT2D eigenvalue weighted by molar-refractivity contribution is 0.0787. The Morgan fingerprint density at radius 1 is 1.50 bits per heavy atom. The fourth-order valence-electron chi connectivity index (χ4n) is 1.68. The van der Waals surface area contributed by atoms with E-state index in [2.05, 4.69) is 20.6 Å². The average molecular weight is 252 g/mol. The highest BCUT2D eigenvalue weighted by molar-refractivity contribution is 5.64. The smallest absolute Gasteiger partial charge is 0.204 e. The van der Waals surface area contributed by atoms with Gasteiger partial charge in [0.1, 0.15) is 12.9 Å². The van der Waals surface area contributed by atoms with E-state index in [9.17, 15) is 0 Å². The van der Waals surface area contributed by atoms with E-state index in [1.807, 2.05) is 13.8 Å². The molecule has 0 aromatic carbocycles. The highest BCUT2D eigenvalue weighted by atomic mass is 16.5. The molecule has 0 amide bonds. The van der Waals surface area contributed by atoms with Crippen molar-refractivity contribution >= 4 is 11.6 Å². The molecule has 6 nitrogen and oxygen atoms in total. The number of anilines is 2. The van der Waals surface area contributed by atoms with Crippen LogP contribution in [0.15, 0.2) is 6.33 Å². The average Bonchev–Trinajstić information content (AvgIpc) is 2.38. The summed E-state index contributed by atoms with van der Waals surface area (Å²) < 4.78 is 11.0. The van der Waals surface area contributed by atoms with Gasteiger partial charge in [-0.1, -0.05) is 0 Å². The molecule has 1 aliphatic heterocycles. The second-order valence-corrected chi connectivity index (χ2v) is 4.38. The van der Waals surface area contributed by atoms with Gasteiger partial charge in [0.2, 0.25) is 5.75 Å². The zero-order valence-corrected chi connectivity index (χ0v) is 10.9. The molecule has 0 saturated heterocycles. The van der Waals surface area contributed by atoms with Gasteiger partial charge in [-0.3, -0.25) is 0 Å². The molecule has 1 aromatic heterocycles. The first kappa shape index (κ1) is 12.9. The van der Waals surface area contributed by atoms with Crippen molar-refractivity contribution in [2.75, 3.05) is 36.9 Å². The van der Waals surface area contributed by atoms with Crippen LogP contribution < -0.4 is 15.4 Å². The molecule has 0 unspecified atom stereocenters. The normalized spacial score (nSPS) is 13.7. The van der Waals surface area contributed by atoms with Crippen LogP contribution in [0.4, 0.5) is 11.6 Å². The summed E-state index contributed by atoms with van der Waals surface area (Å²) in [5, 5.41) is 6.43. The van der Waals surface area contributed by atoms with Crippen molar-refractivity contribution in [2.45, 2.75) is 26.4 Å². The number of ether oxygens (including phenoxy) is 2. The molecule has 2 rings (SSSR count). The topological polar surface area (TPSA) is 68.3 Å². The SMILES string of the molecule is CC(C)OCCCNc1ncnc2c1OCCN2. The minimum atomic E-state index is 0.282. The fraction of sp³-hybridized carbons (Fsp3) is 0.667. The Bertz CT molecular complexity index is 384. The molecule has 1 aliphatic rings. The van der Waals surface area contributed by atoms with E-state index in [0.29, 0.717) is 12.4 Å². The van der Waals surface area contributed by atoms with Gasteiger partial charge in [-0.25, -0.2) is 9.97 Å². The Morgan fingerprint density at radius 3 is 3.22 bits per heavy atom. The number of hydrogen-bond acceptors (Lipinski definition) is 6. The van der Waals surface area contributed by atoms with E-state index in [4.69, 9.17) is 9.47 Å². The minimum Gasteiger partial charge on any atom is -0.485 e. The van der Waals surface area contributed by atoms with Crippen LogP contribution in [0.25, 0.3) is 0 Å². The van der Waals surface area contributed by atoms with Crippen molar-refractivity contribution in [2.24, 2.45) is 0 Å². The third-order valence-corrected chi connectivity index (χ3v) is 2.51. The van der Waals surface area contributed by atoms with Gasteiger partial charge in [-0.15, -0.1) is 0 Å². The van der Waals surface area contributed by atoms with Crippen molar-refractivity contribution in [3.05, 3.63) is 6.33 Å². The monoisotopic (exact) mass is 252 g/mol. The van der Waals surface area contributed by atoms with Crippen LogP contribution >= 0.6 is 0 Å². The predicted octanol–water partition coefficient (Wildman–Crippen LogP) is 1.51. The summed E-state index contributed by atoms with van der Waals surface area (Å²) in [6.45, 7) is 7.05. The van der Waals surface area contributed by atoms with Gasteiger partial charge in [-0.05, 0) is 20.3 Å². The van der Waals surface area contributed by atoms with Crippen LogP contribution in [0.2, 0.25) is 0 Å². The van der Waals surface area contributed by atoms with E-state index in [1.165, 1.54) is 6.33 Å². The number of nitrogens with zero attached hydrogens (tertiary/aromatic N) is 2. The summed E-state index contributed by atoms with van der Waals surface area (Å²) in [5.41, 5.74) is 0. The van der Waals surface area contributed by atoms with Gasteiger partial charge in [-0.2, -0.15) is 0 Å². The Hall–Kier alpha value is -1.56. The Kier molecular flexibility index (Phi) is 4.58. The van der Waals surface area contributed by atoms with Gasteiger partial charge < -0.3 is 20.1 Å². The molecule has 0 saturated carbocycles. The molecule has 18 heavy (non-hydrogen) atoms. The van der Waals surface area contributed by atoms with E-state index in [0.717, 1.165) is 37.8 Å². The highest BCUT2D eigenvalue weighted by Gasteiger charge is 2.15. The number of rotatable bonds is 6. The van der Waals surface area contributed by atoms with Gasteiger partial charge >= 0.3 is 0 Å². The first-order valence-electron chi connectivity index (χ1n) is 6.34. The summed E-state index contributed by atoms with van der Waals surface area (Å²) in [6, 6.07) is 0. The molecular weight excluding hydrogens is 232 g/mol. The lowest BCUT2D eigenvalue weighted by atomic mass is 10.4. The van der Waals surface area contributed by atoms with Gasteiger partial charge in [0.05, 0.1) is 12.6 Å². The van der Waals surface area contributed by atoms with Gasteiger partial charge in [0.15, 0.2) is 11.6 Å². The fourth-order valence-corrected chi connectivity index (χ4v) is 1.68. The van der Waals surface area contributed by atoms with Crippen molar-refractivity contribution in [3.63, 3.8) is 0 Å². The van der Waals surface area contributed by atoms with Crippen LogP contribution in [0.1, 0.15) is 20.3 Å². The highest BCUT2D eigenvalue weighted by Crippen LogP contribution is 2.30. The van der Waals surface area contributed by atoms with Crippen LogP contribution in [0, 0.1) is 0 Å². The molecule has 2 heterocycles. The Balaban J connectivity index is 1.82. The molecule has 0 atom stereocenters. The zero-order valence-electron chi connectivity index (χ0n) is 10.9. The largest absolute Gasteiger partial charge is 0.485 e. The number of fused-ring (bicyclic) bond motifs is 1. The second kappa shape index (κ2) is 6.39. The third kappa shape index (κ3) is 3.46. The first-order valence-corrected chi connectivity index (χ1v) is 6.34. The maximum Gasteiger partial charge on any atom is 0.204 e. The quantitative estimate of drug-likeness (QED) is 0.748. The van der Waals surface area contributed by atoms with E-state index in [1.54, 1.807) is 0 Å². The maximum atomic E-state index is 5.57. The van der Waals surface area contributed by atoms with Crippen LogP contribution in [-0.4, -0.2) is 42.4 Å². The number of nitrogens with one attached hydrogen (secondary N) is 2. The van der Waals surface area contributed by atoms with Crippen LogP contribution in [0.3, 0.4) is 0 Å². The molecule has 100 valence electrons. The van der Waals surface area contributed by atoms with Crippen molar-refractivity contribution < 1.29 is 9.47 Å². The molecule has 0 radical (unpaired) electrons. The lowest BCUT2D eigenvalue weighted by Gasteiger charge is -2.20. The lowest BCUT2D eigenvalue weighted by Crippen LogP contribution is -2.21. The Morgan fingerprint density at radius 2 is 2.39 bits per heavy atom. The molecule has 0 fully saturated rings. The molecular formula is C12H20N4O2. The van der Waals surface area contributed by atoms with E-state index < -0.39 is 0 Å². The molecule has 0 aliphatic carbocycles. The van der Waals surface area contributed by atoms with Crippen molar-refractivity contribution in [1.82, 2.24) is 9.97 Å². The standard InChI is InChI=1S/C12H20N4O2/c1-9(2)17-6-3-4-13-11-10-12(16-8-15-11)14-5-7-18-10/h8-9H,3-7H2,1-2H3,(H2,13,14,15,16). The summed E-state index contributed by atoms with van der Waals surface area (Å²) in [7, 11) is 0. The molecule has 0 bridgehead atoms. The summed E-state index contributed by atoms with van der Waals surface area (Å²) in [5.74, 6) is 2.22. The van der Waals surface area contributed by atoms with E-state index >= 15 is 0 Å². The molecule has 0 spiro atoms. The van der Waals surface area contributed by atoms with Gasteiger partial charge in [0.25, 0.3) is 0 Å².